The number of carbonyl (C=O) groups excluding carboxylic acids is 1. The van der Waals surface area contributed by atoms with Gasteiger partial charge in [-0.05, 0) is 40.5 Å². The molecule has 0 aromatic carbocycles. The Morgan fingerprint density at radius 1 is 1.17 bits per heavy atom. The summed E-state index contributed by atoms with van der Waals surface area (Å²) < 4.78 is 5.43. The fraction of sp³-hybridized carbons (Fsp3) is 0.929. The van der Waals surface area contributed by atoms with E-state index in [0.29, 0.717) is 13.2 Å². The molecule has 0 bridgehead atoms. The predicted molar refractivity (Wildman–Crippen MR) is 75.4 cm³/mol. The third-order valence-electron chi connectivity index (χ3n) is 3.57. The summed E-state index contributed by atoms with van der Waals surface area (Å²) >= 11 is 0. The molecule has 0 aromatic rings. The van der Waals surface area contributed by atoms with Crippen LogP contribution in [0, 0.1) is 5.41 Å². The van der Waals surface area contributed by atoms with Crippen LogP contribution in [0.25, 0.3) is 0 Å². The highest BCUT2D eigenvalue weighted by atomic mass is 16.5. The molecule has 0 saturated heterocycles. The Morgan fingerprint density at radius 3 is 2.22 bits per heavy atom. The van der Waals surface area contributed by atoms with Crippen molar-refractivity contribution >= 4 is 5.91 Å². The Kier molecular flexibility index (Phi) is 7.48. The Morgan fingerprint density at radius 2 is 1.72 bits per heavy atom. The quantitative estimate of drug-likeness (QED) is 0.622. The van der Waals surface area contributed by atoms with Gasteiger partial charge in [0.15, 0.2) is 0 Å². The van der Waals surface area contributed by atoms with Crippen LogP contribution in [0.3, 0.4) is 0 Å². The summed E-state index contributed by atoms with van der Waals surface area (Å²) in [5.74, 6) is 0.00329. The van der Waals surface area contributed by atoms with Crippen molar-refractivity contribution in [3.63, 3.8) is 0 Å². The molecule has 0 atom stereocenters. The molecule has 0 aliphatic carbocycles. The van der Waals surface area contributed by atoms with Crippen molar-refractivity contribution < 1.29 is 9.53 Å². The van der Waals surface area contributed by atoms with E-state index >= 15 is 0 Å². The summed E-state index contributed by atoms with van der Waals surface area (Å²) in [4.78, 5) is 12.0. The van der Waals surface area contributed by atoms with E-state index in [1.807, 2.05) is 27.7 Å². The minimum atomic E-state index is -0.573. The molecule has 0 unspecified atom stereocenters. The average Bonchev–Trinajstić information content (AvgIpc) is 2.26. The molecule has 4 nitrogen and oxygen atoms in total. The molecule has 0 radical (unpaired) electrons. The van der Waals surface area contributed by atoms with Crippen LogP contribution in [-0.2, 0) is 9.53 Å². The normalized spacial score (nSPS) is 12.6. The molecule has 108 valence electrons. The van der Waals surface area contributed by atoms with E-state index in [0.717, 1.165) is 25.9 Å². The van der Waals surface area contributed by atoms with E-state index < -0.39 is 11.0 Å². The van der Waals surface area contributed by atoms with Crippen molar-refractivity contribution in [3.8, 4) is 0 Å². The highest BCUT2D eigenvalue weighted by Crippen LogP contribution is 2.28. The molecule has 0 aliphatic rings. The van der Waals surface area contributed by atoms with Gasteiger partial charge < -0.3 is 15.8 Å². The standard InChI is InChI=1S/C14H30N2O2/c1-6-7-10-18-11-8-9-16-12(17)13(2,3)14(4,5)15/h6-11,15H2,1-5H3,(H,16,17). The summed E-state index contributed by atoms with van der Waals surface area (Å²) in [5, 5.41) is 2.92. The topological polar surface area (TPSA) is 64.3 Å². The zero-order valence-corrected chi connectivity index (χ0v) is 12.6. The molecule has 0 aromatic heterocycles. The van der Waals surface area contributed by atoms with Gasteiger partial charge >= 0.3 is 0 Å². The third-order valence-corrected chi connectivity index (χ3v) is 3.57. The lowest BCUT2D eigenvalue weighted by Gasteiger charge is -2.36. The second kappa shape index (κ2) is 7.74. The monoisotopic (exact) mass is 258 g/mol. The van der Waals surface area contributed by atoms with Gasteiger partial charge in [-0.25, -0.2) is 0 Å². The largest absolute Gasteiger partial charge is 0.381 e. The molecule has 0 spiro atoms. The summed E-state index contributed by atoms with van der Waals surface area (Å²) in [6.07, 6.45) is 3.09. The zero-order chi connectivity index (χ0) is 14.2. The minimum absolute atomic E-state index is 0.00329. The van der Waals surface area contributed by atoms with Gasteiger partial charge in [0.1, 0.15) is 0 Å². The maximum atomic E-state index is 12.0. The van der Waals surface area contributed by atoms with Crippen molar-refractivity contribution in [3.05, 3.63) is 0 Å². The number of unbranched alkanes of at least 4 members (excludes halogenated alkanes) is 1. The van der Waals surface area contributed by atoms with E-state index in [2.05, 4.69) is 12.2 Å². The van der Waals surface area contributed by atoms with Gasteiger partial charge in [-0.15, -0.1) is 0 Å². The molecule has 0 fully saturated rings. The lowest BCUT2D eigenvalue weighted by atomic mass is 9.74. The molecule has 3 N–H and O–H groups in total. The van der Waals surface area contributed by atoms with Gasteiger partial charge in [-0.3, -0.25) is 4.79 Å². The van der Waals surface area contributed by atoms with Crippen LogP contribution in [0.15, 0.2) is 0 Å². The smallest absolute Gasteiger partial charge is 0.227 e. The van der Waals surface area contributed by atoms with E-state index in [1.165, 1.54) is 0 Å². The molecule has 0 heterocycles. The van der Waals surface area contributed by atoms with Gasteiger partial charge in [0.2, 0.25) is 5.91 Å². The maximum Gasteiger partial charge on any atom is 0.227 e. The molecule has 1 amide bonds. The summed E-state index contributed by atoms with van der Waals surface area (Å²) in [6.45, 7) is 11.8. The number of nitrogens with two attached hydrogens (primary N) is 1. The van der Waals surface area contributed by atoms with E-state index in [4.69, 9.17) is 10.5 Å². The SMILES string of the molecule is CCCCOCCCNC(=O)C(C)(C)C(C)(C)N. The number of hydrogen-bond acceptors (Lipinski definition) is 3. The van der Waals surface area contributed by atoms with Crippen LogP contribution in [0.4, 0.5) is 0 Å². The van der Waals surface area contributed by atoms with E-state index in [1.54, 1.807) is 0 Å². The minimum Gasteiger partial charge on any atom is -0.381 e. The molecular weight excluding hydrogens is 228 g/mol. The fourth-order valence-corrected chi connectivity index (χ4v) is 1.24. The molecule has 0 saturated carbocycles. The molecule has 18 heavy (non-hydrogen) atoms. The van der Waals surface area contributed by atoms with Crippen molar-refractivity contribution in [1.29, 1.82) is 0 Å². The first-order valence-electron chi connectivity index (χ1n) is 6.88. The summed E-state index contributed by atoms with van der Waals surface area (Å²) in [7, 11) is 0. The van der Waals surface area contributed by atoms with Gasteiger partial charge in [-0.1, -0.05) is 13.3 Å². The van der Waals surface area contributed by atoms with Crippen LogP contribution >= 0.6 is 0 Å². The number of amides is 1. The van der Waals surface area contributed by atoms with Gasteiger partial charge in [0.25, 0.3) is 0 Å². The maximum absolute atomic E-state index is 12.0. The highest BCUT2D eigenvalue weighted by molar-refractivity contribution is 5.83. The summed E-state index contributed by atoms with van der Waals surface area (Å²) in [5.41, 5.74) is 4.91. The lowest BCUT2D eigenvalue weighted by molar-refractivity contribution is -0.132. The predicted octanol–water partition coefficient (Wildman–Crippen LogP) is 2.07. The first-order valence-corrected chi connectivity index (χ1v) is 6.88. The van der Waals surface area contributed by atoms with Crippen molar-refractivity contribution in [1.82, 2.24) is 5.32 Å². The molecular formula is C14H30N2O2. The second-order valence-corrected chi connectivity index (χ2v) is 5.92. The van der Waals surface area contributed by atoms with Gasteiger partial charge in [0, 0.05) is 25.3 Å². The Balaban J connectivity index is 3.78. The first-order chi connectivity index (χ1) is 8.23. The average molecular weight is 258 g/mol. The highest BCUT2D eigenvalue weighted by Gasteiger charge is 2.39. The van der Waals surface area contributed by atoms with E-state index in [-0.39, 0.29) is 5.91 Å². The third kappa shape index (κ3) is 5.83. The van der Waals surface area contributed by atoms with Crippen LogP contribution in [0.1, 0.15) is 53.9 Å². The van der Waals surface area contributed by atoms with E-state index in [9.17, 15) is 4.79 Å². The zero-order valence-electron chi connectivity index (χ0n) is 12.6. The molecule has 0 aliphatic heterocycles. The number of carbonyl (C=O) groups is 1. The number of hydrogen-bond donors (Lipinski definition) is 2. The van der Waals surface area contributed by atoms with Crippen LogP contribution in [0.2, 0.25) is 0 Å². The Hall–Kier alpha value is -0.610. The molecule has 0 rings (SSSR count). The second-order valence-electron chi connectivity index (χ2n) is 5.92. The number of nitrogens with one attached hydrogen (secondary N) is 1. The van der Waals surface area contributed by atoms with Crippen molar-refractivity contribution in [2.75, 3.05) is 19.8 Å². The van der Waals surface area contributed by atoms with Crippen LogP contribution < -0.4 is 11.1 Å². The van der Waals surface area contributed by atoms with Crippen molar-refractivity contribution in [2.24, 2.45) is 11.1 Å². The van der Waals surface area contributed by atoms with Crippen LogP contribution in [0.5, 0.6) is 0 Å². The van der Waals surface area contributed by atoms with Crippen LogP contribution in [-0.4, -0.2) is 31.2 Å². The Labute approximate surface area is 112 Å². The molecule has 4 heteroatoms. The number of ether oxygens (including phenoxy) is 1. The first kappa shape index (κ1) is 17.4. The van der Waals surface area contributed by atoms with Crippen molar-refractivity contribution in [2.45, 2.75) is 59.4 Å². The number of rotatable bonds is 9. The summed E-state index contributed by atoms with van der Waals surface area (Å²) in [6, 6.07) is 0. The van der Waals surface area contributed by atoms with Gasteiger partial charge in [0.05, 0.1) is 5.41 Å². The lowest BCUT2D eigenvalue weighted by Crippen LogP contribution is -2.55. The fourth-order valence-electron chi connectivity index (χ4n) is 1.24. The Bertz CT molecular complexity index is 245. The van der Waals surface area contributed by atoms with Gasteiger partial charge in [-0.2, -0.15) is 0 Å².